The van der Waals surface area contributed by atoms with Crippen LogP contribution in [0.2, 0.25) is 0 Å². The van der Waals surface area contributed by atoms with E-state index in [0.29, 0.717) is 23.8 Å². The van der Waals surface area contributed by atoms with Gasteiger partial charge in [-0.3, -0.25) is 0 Å². The van der Waals surface area contributed by atoms with Crippen molar-refractivity contribution in [1.29, 1.82) is 0 Å². The molecule has 0 radical (unpaired) electrons. The minimum atomic E-state index is -1.06. The Morgan fingerprint density at radius 2 is 2.30 bits per heavy atom. The van der Waals surface area contributed by atoms with Crippen molar-refractivity contribution in [3.05, 3.63) is 23.6 Å². The van der Waals surface area contributed by atoms with E-state index >= 15 is 0 Å². The molecule has 0 saturated carbocycles. The van der Waals surface area contributed by atoms with Gasteiger partial charge in [0.05, 0.1) is 7.11 Å². The fraction of sp³-hybridized carbons (Fsp3) is 0.429. The summed E-state index contributed by atoms with van der Waals surface area (Å²) in [6.45, 7) is 2.55. The number of oxazole rings is 1. The third-order valence-corrected chi connectivity index (χ3v) is 3.63. The van der Waals surface area contributed by atoms with Crippen LogP contribution in [-0.4, -0.2) is 29.8 Å². The number of aromatic carboxylic acids is 1. The van der Waals surface area contributed by atoms with Crippen LogP contribution in [0.25, 0.3) is 11.1 Å². The van der Waals surface area contributed by atoms with Gasteiger partial charge in [-0.2, -0.15) is 0 Å². The molecule has 1 saturated heterocycles. The molecule has 0 bridgehead atoms. The van der Waals surface area contributed by atoms with Crippen molar-refractivity contribution in [3.8, 4) is 5.75 Å². The molecular formula is C14H15NO5. The lowest BCUT2D eigenvalue weighted by molar-refractivity contribution is -0.00416. The molecule has 6 nitrogen and oxygen atoms in total. The van der Waals surface area contributed by atoms with Crippen LogP contribution in [0.4, 0.5) is 0 Å². The number of carboxylic acid groups (broad SMARTS) is 1. The van der Waals surface area contributed by atoms with Gasteiger partial charge in [0, 0.05) is 6.61 Å². The summed E-state index contributed by atoms with van der Waals surface area (Å²) in [7, 11) is 1.51. The Kier molecular flexibility index (Phi) is 2.90. The van der Waals surface area contributed by atoms with E-state index in [4.69, 9.17) is 13.9 Å². The summed E-state index contributed by atoms with van der Waals surface area (Å²) in [4.78, 5) is 15.7. The van der Waals surface area contributed by atoms with Gasteiger partial charge in [0.1, 0.15) is 16.9 Å². The molecule has 106 valence electrons. The van der Waals surface area contributed by atoms with Gasteiger partial charge in [-0.05, 0) is 31.9 Å². The fourth-order valence-electron chi connectivity index (χ4n) is 2.49. The van der Waals surface area contributed by atoms with Gasteiger partial charge >= 0.3 is 5.97 Å². The molecule has 1 unspecified atom stereocenters. The van der Waals surface area contributed by atoms with Gasteiger partial charge < -0.3 is 19.0 Å². The summed E-state index contributed by atoms with van der Waals surface area (Å²) in [5.74, 6) is -0.170. The van der Waals surface area contributed by atoms with Crippen molar-refractivity contribution in [2.75, 3.05) is 13.7 Å². The number of hydrogen-bond acceptors (Lipinski definition) is 5. The van der Waals surface area contributed by atoms with E-state index < -0.39 is 11.6 Å². The monoisotopic (exact) mass is 277 g/mol. The molecule has 0 aliphatic carbocycles. The maximum Gasteiger partial charge on any atom is 0.339 e. The summed E-state index contributed by atoms with van der Waals surface area (Å²) in [6, 6.07) is 3.03. The van der Waals surface area contributed by atoms with E-state index in [1.54, 1.807) is 6.07 Å². The number of methoxy groups -OCH3 is 1. The van der Waals surface area contributed by atoms with Crippen molar-refractivity contribution < 1.29 is 23.8 Å². The lowest BCUT2D eigenvalue weighted by Crippen LogP contribution is -2.20. The third-order valence-electron chi connectivity index (χ3n) is 3.63. The van der Waals surface area contributed by atoms with Gasteiger partial charge in [0.25, 0.3) is 0 Å². The summed E-state index contributed by atoms with van der Waals surface area (Å²) in [6.07, 6.45) is 1.72. The first-order valence-electron chi connectivity index (χ1n) is 6.40. The molecule has 0 spiro atoms. The molecule has 1 aliphatic rings. The number of benzene rings is 1. The van der Waals surface area contributed by atoms with Crippen LogP contribution in [0.15, 0.2) is 16.5 Å². The molecule has 2 aromatic rings. The normalized spacial score (nSPS) is 22.3. The number of carbonyl (C=O) groups is 1. The van der Waals surface area contributed by atoms with E-state index in [1.165, 1.54) is 13.2 Å². The molecule has 1 fully saturated rings. The molecule has 1 aromatic heterocycles. The molecule has 3 rings (SSSR count). The Morgan fingerprint density at radius 3 is 2.90 bits per heavy atom. The summed E-state index contributed by atoms with van der Waals surface area (Å²) < 4.78 is 16.6. The predicted octanol–water partition coefficient (Wildman–Crippen LogP) is 2.56. The van der Waals surface area contributed by atoms with Crippen LogP contribution in [0.1, 0.15) is 36.0 Å². The Hall–Kier alpha value is -2.08. The number of fused-ring (bicyclic) bond motifs is 1. The molecule has 20 heavy (non-hydrogen) atoms. The van der Waals surface area contributed by atoms with Crippen LogP contribution in [0.5, 0.6) is 5.75 Å². The zero-order valence-electron chi connectivity index (χ0n) is 11.3. The van der Waals surface area contributed by atoms with Crippen molar-refractivity contribution >= 4 is 17.1 Å². The van der Waals surface area contributed by atoms with E-state index in [-0.39, 0.29) is 11.1 Å². The van der Waals surface area contributed by atoms with E-state index in [0.717, 1.165) is 12.8 Å². The highest BCUT2D eigenvalue weighted by atomic mass is 16.5. The maximum atomic E-state index is 11.3. The first-order valence-corrected chi connectivity index (χ1v) is 6.40. The highest BCUT2D eigenvalue weighted by Gasteiger charge is 2.37. The number of aromatic nitrogens is 1. The van der Waals surface area contributed by atoms with Crippen molar-refractivity contribution in [2.45, 2.75) is 25.4 Å². The standard InChI is InChI=1S/C14H15NO5/c1-14(6-3-7-19-14)13-15-10-9(18-2)5-4-8(12(16)17)11(10)20-13/h4-5H,3,6-7H2,1-2H3,(H,16,17). The quantitative estimate of drug-likeness (QED) is 0.928. The van der Waals surface area contributed by atoms with Crippen LogP contribution >= 0.6 is 0 Å². The topological polar surface area (TPSA) is 81.8 Å². The molecular weight excluding hydrogens is 262 g/mol. The highest BCUT2D eigenvalue weighted by molar-refractivity contribution is 6.01. The molecule has 1 aromatic carbocycles. The average molecular weight is 277 g/mol. The lowest BCUT2D eigenvalue weighted by Gasteiger charge is -2.17. The van der Waals surface area contributed by atoms with Crippen LogP contribution in [-0.2, 0) is 10.3 Å². The number of ether oxygens (including phenoxy) is 2. The maximum absolute atomic E-state index is 11.3. The molecule has 1 aliphatic heterocycles. The van der Waals surface area contributed by atoms with Crippen molar-refractivity contribution in [3.63, 3.8) is 0 Å². The summed E-state index contributed by atoms with van der Waals surface area (Å²) >= 11 is 0. The SMILES string of the molecule is COc1ccc(C(=O)O)c2oc(C3(C)CCCO3)nc12. The van der Waals surface area contributed by atoms with Gasteiger partial charge in [-0.1, -0.05) is 0 Å². The lowest BCUT2D eigenvalue weighted by atomic mass is 10.0. The van der Waals surface area contributed by atoms with Crippen LogP contribution in [0, 0.1) is 0 Å². The molecule has 1 atom stereocenters. The second kappa shape index (κ2) is 4.49. The first kappa shape index (κ1) is 12.9. The average Bonchev–Trinajstić information content (AvgIpc) is 3.04. The smallest absolute Gasteiger partial charge is 0.339 e. The fourth-order valence-corrected chi connectivity index (χ4v) is 2.49. The highest BCUT2D eigenvalue weighted by Crippen LogP contribution is 2.38. The van der Waals surface area contributed by atoms with Gasteiger partial charge in [-0.15, -0.1) is 0 Å². The second-order valence-corrected chi connectivity index (χ2v) is 5.00. The molecule has 2 heterocycles. The summed E-state index contributed by atoms with van der Waals surface area (Å²) in [5, 5.41) is 9.23. The van der Waals surface area contributed by atoms with Gasteiger partial charge in [0.15, 0.2) is 11.1 Å². The number of hydrogen-bond donors (Lipinski definition) is 1. The second-order valence-electron chi connectivity index (χ2n) is 5.00. The molecule has 1 N–H and O–H groups in total. The van der Waals surface area contributed by atoms with E-state index in [9.17, 15) is 9.90 Å². The molecule has 6 heteroatoms. The third kappa shape index (κ3) is 1.84. The predicted molar refractivity (Wildman–Crippen MR) is 70.1 cm³/mol. The van der Waals surface area contributed by atoms with E-state index in [2.05, 4.69) is 4.98 Å². The van der Waals surface area contributed by atoms with Crippen LogP contribution in [0.3, 0.4) is 0 Å². The first-order chi connectivity index (χ1) is 9.55. The zero-order chi connectivity index (χ0) is 14.3. The Morgan fingerprint density at radius 1 is 1.50 bits per heavy atom. The van der Waals surface area contributed by atoms with Crippen molar-refractivity contribution in [1.82, 2.24) is 4.98 Å². The Balaban J connectivity index is 2.22. The largest absolute Gasteiger partial charge is 0.494 e. The van der Waals surface area contributed by atoms with Crippen molar-refractivity contribution in [2.24, 2.45) is 0 Å². The van der Waals surface area contributed by atoms with E-state index in [1.807, 2.05) is 6.92 Å². The Bertz CT molecular complexity index is 669. The number of rotatable bonds is 3. The zero-order valence-corrected chi connectivity index (χ0v) is 11.3. The molecule has 0 amide bonds. The minimum absolute atomic E-state index is 0.0705. The summed E-state index contributed by atoms with van der Waals surface area (Å²) in [5.41, 5.74) is 0.114. The minimum Gasteiger partial charge on any atom is -0.494 e. The Labute approximate surface area is 115 Å². The van der Waals surface area contributed by atoms with Gasteiger partial charge in [0.2, 0.25) is 5.89 Å². The van der Waals surface area contributed by atoms with Gasteiger partial charge in [-0.25, -0.2) is 9.78 Å². The number of carboxylic acids is 1. The van der Waals surface area contributed by atoms with Crippen LogP contribution < -0.4 is 4.74 Å². The number of nitrogens with zero attached hydrogens (tertiary/aromatic N) is 1.